The Morgan fingerprint density at radius 2 is 1.92 bits per heavy atom. The zero-order chi connectivity index (χ0) is 18.1. The van der Waals surface area contributed by atoms with Crippen molar-refractivity contribution in [1.29, 1.82) is 0 Å². The summed E-state index contributed by atoms with van der Waals surface area (Å²) in [5.74, 6) is 0. The lowest BCUT2D eigenvalue weighted by molar-refractivity contribution is 0.763. The third-order valence-corrected chi connectivity index (χ3v) is 4.36. The van der Waals surface area contributed by atoms with Gasteiger partial charge in [0.05, 0.1) is 16.4 Å². The van der Waals surface area contributed by atoms with Crippen molar-refractivity contribution >= 4 is 41.0 Å². The number of fused-ring (bicyclic) bond motifs is 1. The first-order valence-electron chi connectivity index (χ1n) is 7.77. The molecule has 0 radical (unpaired) electrons. The van der Waals surface area contributed by atoms with Gasteiger partial charge in [-0.15, -0.1) is 0 Å². The van der Waals surface area contributed by atoms with Gasteiger partial charge in [-0.05, 0) is 35.9 Å². The summed E-state index contributed by atoms with van der Waals surface area (Å²) >= 11 is 12.3. The first-order valence-corrected chi connectivity index (χ1v) is 8.52. The van der Waals surface area contributed by atoms with Crippen LogP contribution in [0, 0.1) is 0 Å². The van der Waals surface area contributed by atoms with Crippen molar-refractivity contribution in [2.45, 2.75) is 0 Å². The molecule has 5 nitrogen and oxygen atoms in total. The summed E-state index contributed by atoms with van der Waals surface area (Å²) in [7, 11) is 0. The lowest BCUT2D eigenvalue weighted by Gasteiger charge is -2.09. The lowest BCUT2D eigenvalue weighted by Crippen LogP contribution is -2.20. The molecule has 0 N–H and O–H groups in total. The first kappa shape index (κ1) is 16.6. The van der Waals surface area contributed by atoms with Gasteiger partial charge in [-0.3, -0.25) is 14.5 Å². The molecule has 0 bridgehead atoms. The summed E-state index contributed by atoms with van der Waals surface area (Å²) in [6, 6.07) is 12.1. The van der Waals surface area contributed by atoms with Gasteiger partial charge in [0.15, 0.2) is 5.65 Å². The molecule has 1 aromatic carbocycles. The maximum absolute atomic E-state index is 12.6. The van der Waals surface area contributed by atoms with E-state index in [1.807, 2.05) is 18.2 Å². The van der Waals surface area contributed by atoms with Gasteiger partial charge < -0.3 is 0 Å². The Labute approximate surface area is 158 Å². The van der Waals surface area contributed by atoms with Crippen LogP contribution in [-0.4, -0.2) is 19.2 Å². The monoisotopic (exact) mass is 382 g/mol. The van der Waals surface area contributed by atoms with E-state index in [2.05, 4.69) is 9.97 Å². The van der Waals surface area contributed by atoms with Crippen LogP contribution < -0.4 is 5.56 Å². The highest BCUT2D eigenvalue weighted by molar-refractivity contribution is 6.34. The lowest BCUT2D eigenvalue weighted by atomic mass is 10.2. The van der Waals surface area contributed by atoms with Gasteiger partial charge in [-0.25, -0.2) is 4.98 Å². The fourth-order valence-electron chi connectivity index (χ4n) is 2.63. The second-order valence-electron chi connectivity index (χ2n) is 5.56. The first-order chi connectivity index (χ1) is 12.6. The van der Waals surface area contributed by atoms with Crippen LogP contribution in [0.1, 0.15) is 11.3 Å². The fourth-order valence-corrected chi connectivity index (χ4v) is 3.00. The Balaban J connectivity index is 1.80. The van der Waals surface area contributed by atoms with E-state index < -0.39 is 0 Å². The molecule has 0 unspecified atom stereocenters. The molecule has 0 aliphatic rings. The standard InChI is InChI=1S/C19H12Cl2N4O/c20-14-4-6-16(21)17(10-14)24-9-7-18-23-15(11-19(26)25(18)24)5-3-13-2-1-8-22-12-13/h1-12H/b5-3+. The summed E-state index contributed by atoms with van der Waals surface area (Å²) < 4.78 is 3.08. The van der Waals surface area contributed by atoms with E-state index in [9.17, 15) is 4.79 Å². The molecule has 4 aromatic rings. The van der Waals surface area contributed by atoms with Gasteiger partial charge in [-0.2, -0.15) is 4.52 Å². The van der Waals surface area contributed by atoms with Crippen molar-refractivity contribution in [3.63, 3.8) is 0 Å². The Morgan fingerprint density at radius 1 is 1.04 bits per heavy atom. The third kappa shape index (κ3) is 3.14. The Bertz CT molecular complexity index is 1180. The Kier molecular flexibility index (Phi) is 4.32. The molecule has 3 heterocycles. The highest BCUT2D eigenvalue weighted by Gasteiger charge is 2.10. The summed E-state index contributed by atoms with van der Waals surface area (Å²) in [6.07, 6.45) is 8.81. The predicted molar refractivity (Wildman–Crippen MR) is 104 cm³/mol. The molecular weight excluding hydrogens is 371 g/mol. The van der Waals surface area contributed by atoms with Crippen LogP contribution in [-0.2, 0) is 0 Å². The van der Waals surface area contributed by atoms with Gasteiger partial charge in [-0.1, -0.05) is 35.3 Å². The molecular formula is C19H12Cl2N4O. The van der Waals surface area contributed by atoms with Crippen molar-refractivity contribution in [3.8, 4) is 5.69 Å². The number of pyridine rings is 1. The third-order valence-electron chi connectivity index (χ3n) is 3.81. The van der Waals surface area contributed by atoms with E-state index in [1.165, 1.54) is 10.6 Å². The Morgan fingerprint density at radius 3 is 2.73 bits per heavy atom. The quantitative estimate of drug-likeness (QED) is 0.528. The zero-order valence-corrected chi connectivity index (χ0v) is 14.9. The van der Waals surface area contributed by atoms with Crippen LogP contribution >= 0.6 is 23.2 Å². The molecule has 0 aliphatic carbocycles. The second-order valence-corrected chi connectivity index (χ2v) is 6.41. The minimum absolute atomic E-state index is 0.220. The minimum Gasteiger partial charge on any atom is -0.267 e. The van der Waals surface area contributed by atoms with Crippen molar-refractivity contribution in [2.75, 3.05) is 0 Å². The highest BCUT2D eigenvalue weighted by Crippen LogP contribution is 2.24. The predicted octanol–water partition coefficient (Wildman–Crippen LogP) is 4.36. The average molecular weight is 383 g/mol. The van der Waals surface area contributed by atoms with Crippen molar-refractivity contribution in [3.05, 3.63) is 92.7 Å². The molecule has 0 atom stereocenters. The molecule has 26 heavy (non-hydrogen) atoms. The zero-order valence-electron chi connectivity index (χ0n) is 13.4. The topological polar surface area (TPSA) is 52.2 Å². The average Bonchev–Trinajstić information content (AvgIpc) is 3.07. The fraction of sp³-hybridized carbons (Fsp3) is 0. The minimum atomic E-state index is -0.220. The molecule has 7 heteroatoms. The van der Waals surface area contributed by atoms with Gasteiger partial charge in [0.25, 0.3) is 5.56 Å². The van der Waals surface area contributed by atoms with E-state index in [4.69, 9.17) is 23.2 Å². The largest absolute Gasteiger partial charge is 0.273 e. The second kappa shape index (κ2) is 6.78. The van der Waals surface area contributed by atoms with E-state index in [0.29, 0.717) is 27.1 Å². The molecule has 0 amide bonds. The SMILES string of the molecule is O=c1cc(/C=C/c2cccnc2)nc2ccn(-c3cc(Cl)ccc3Cl)n12. The maximum Gasteiger partial charge on any atom is 0.273 e. The molecule has 0 saturated heterocycles. The van der Waals surface area contributed by atoms with E-state index in [-0.39, 0.29) is 5.56 Å². The summed E-state index contributed by atoms with van der Waals surface area (Å²) in [6.45, 7) is 0. The maximum atomic E-state index is 12.6. The molecule has 3 aromatic heterocycles. The van der Waals surface area contributed by atoms with Crippen LogP contribution in [0.3, 0.4) is 0 Å². The summed E-state index contributed by atoms with van der Waals surface area (Å²) in [5.41, 5.74) is 2.39. The summed E-state index contributed by atoms with van der Waals surface area (Å²) in [5, 5.41) is 1.02. The van der Waals surface area contributed by atoms with Crippen LogP contribution in [0.25, 0.3) is 23.5 Å². The van der Waals surface area contributed by atoms with E-state index >= 15 is 0 Å². The number of nitrogens with zero attached hydrogens (tertiary/aromatic N) is 4. The molecule has 0 saturated carbocycles. The summed E-state index contributed by atoms with van der Waals surface area (Å²) in [4.78, 5) is 21.2. The van der Waals surface area contributed by atoms with Crippen molar-refractivity contribution in [1.82, 2.24) is 19.2 Å². The van der Waals surface area contributed by atoms with Gasteiger partial charge in [0.2, 0.25) is 0 Å². The van der Waals surface area contributed by atoms with Crippen LogP contribution in [0.5, 0.6) is 0 Å². The molecule has 0 fully saturated rings. The van der Waals surface area contributed by atoms with Crippen LogP contribution in [0.2, 0.25) is 10.0 Å². The van der Waals surface area contributed by atoms with Gasteiger partial charge in [0.1, 0.15) is 0 Å². The number of aromatic nitrogens is 4. The normalized spacial score (nSPS) is 11.5. The molecule has 0 aliphatic heterocycles. The number of rotatable bonds is 3. The van der Waals surface area contributed by atoms with Gasteiger partial charge in [0, 0.05) is 35.7 Å². The molecule has 128 valence electrons. The van der Waals surface area contributed by atoms with E-state index in [1.54, 1.807) is 53.6 Å². The molecule has 4 rings (SSSR count). The van der Waals surface area contributed by atoms with Gasteiger partial charge >= 0.3 is 0 Å². The number of hydrogen-bond acceptors (Lipinski definition) is 3. The van der Waals surface area contributed by atoms with Crippen molar-refractivity contribution in [2.24, 2.45) is 0 Å². The number of halogens is 2. The highest BCUT2D eigenvalue weighted by atomic mass is 35.5. The van der Waals surface area contributed by atoms with E-state index in [0.717, 1.165) is 5.56 Å². The van der Waals surface area contributed by atoms with Crippen LogP contribution in [0.4, 0.5) is 0 Å². The smallest absolute Gasteiger partial charge is 0.267 e. The Hall–Kier alpha value is -2.89. The van der Waals surface area contributed by atoms with Crippen molar-refractivity contribution < 1.29 is 0 Å². The number of benzene rings is 1. The van der Waals surface area contributed by atoms with Crippen LogP contribution in [0.15, 0.2) is 65.8 Å². The number of hydrogen-bond donors (Lipinski definition) is 0. The molecule has 0 spiro atoms.